The first-order valence-corrected chi connectivity index (χ1v) is 9.45. The largest absolute Gasteiger partial charge is 0.307 e. The van der Waals surface area contributed by atoms with Gasteiger partial charge >= 0.3 is 0 Å². The zero-order chi connectivity index (χ0) is 19.4. The van der Waals surface area contributed by atoms with Gasteiger partial charge in [0, 0.05) is 17.4 Å². The smallest absolute Gasteiger partial charge is 0.261 e. The van der Waals surface area contributed by atoms with Crippen LogP contribution in [0.2, 0.25) is 0 Å². The summed E-state index contributed by atoms with van der Waals surface area (Å²) in [5.41, 5.74) is 0.780. The van der Waals surface area contributed by atoms with E-state index in [2.05, 4.69) is 15.0 Å². The van der Waals surface area contributed by atoms with Crippen molar-refractivity contribution in [2.24, 2.45) is 0 Å². The van der Waals surface area contributed by atoms with Crippen LogP contribution in [-0.4, -0.2) is 19.3 Å². The van der Waals surface area contributed by atoms with Crippen LogP contribution in [-0.2, 0) is 10.0 Å². The van der Waals surface area contributed by atoms with Crippen molar-refractivity contribution in [1.29, 1.82) is 0 Å². The van der Waals surface area contributed by atoms with Gasteiger partial charge in [-0.3, -0.25) is 9.52 Å². The van der Waals surface area contributed by atoms with Crippen molar-refractivity contribution in [3.05, 3.63) is 83.8 Å². The molecule has 3 aromatic rings. The summed E-state index contributed by atoms with van der Waals surface area (Å²) in [6.07, 6.45) is 1.54. The Morgan fingerprint density at radius 1 is 1.04 bits per heavy atom. The molecule has 0 saturated carbocycles. The Bertz CT molecular complexity index is 1090. The fourth-order valence-electron chi connectivity index (χ4n) is 2.30. The number of pyridine rings is 1. The maximum absolute atomic E-state index is 13.7. The Kier molecular flexibility index (Phi) is 5.18. The first-order valence-electron chi connectivity index (χ1n) is 7.96. The third-order valence-corrected chi connectivity index (χ3v) is 5.12. The normalized spacial score (nSPS) is 11.0. The molecule has 0 unspecified atom stereocenters. The zero-order valence-corrected chi connectivity index (χ0v) is 15.1. The average Bonchev–Trinajstić information content (AvgIpc) is 2.64. The van der Waals surface area contributed by atoms with Gasteiger partial charge in [0.05, 0.1) is 4.90 Å². The molecule has 1 aromatic heterocycles. The molecule has 0 spiro atoms. The van der Waals surface area contributed by atoms with Gasteiger partial charge in [0.2, 0.25) is 0 Å². The molecule has 138 valence electrons. The van der Waals surface area contributed by atoms with Gasteiger partial charge in [-0.1, -0.05) is 18.2 Å². The molecule has 0 bridgehead atoms. The van der Waals surface area contributed by atoms with E-state index in [0.717, 1.165) is 6.07 Å². The SMILES string of the molecule is Cc1ccc(S(=O)(=O)Nc2cccc(C(=O)Nc3ccccn3)c2)cc1F. The summed E-state index contributed by atoms with van der Waals surface area (Å²) >= 11 is 0. The molecule has 0 atom stereocenters. The lowest BCUT2D eigenvalue weighted by atomic mass is 10.2. The molecule has 0 aliphatic heterocycles. The Hall–Kier alpha value is -3.26. The lowest BCUT2D eigenvalue weighted by Crippen LogP contribution is -2.15. The number of anilines is 2. The molecule has 3 rings (SSSR count). The zero-order valence-electron chi connectivity index (χ0n) is 14.3. The van der Waals surface area contributed by atoms with Crippen molar-refractivity contribution in [3.8, 4) is 0 Å². The van der Waals surface area contributed by atoms with E-state index in [0.29, 0.717) is 11.4 Å². The minimum Gasteiger partial charge on any atom is -0.307 e. The molecule has 8 heteroatoms. The van der Waals surface area contributed by atoms with E-state index in [1.54, 1.807) is 43.5 Å². The minimum absolute atomic E-state index is 0.185. The fraction of sp³-hybridized carbons (Fsp3) is 0.0526. The number of sulfonamides is 1. The molecule has 1 heterocycles. The van der Waals surface area contributed by atoms with Crippen molar-refractivity contribution in [3.63, 3.8) is 0 Å². The molecule has 0 fully saturated rings. The summed E-state index contributed by atoms with van der Waals surface area (Å²) in [5.74, 6) is -0.666. The van der Waals surface area contributed by atoms with Gasteiger partial charge < -0.3 is 5.32 Å². The van der Waals surface area contributed by atoms with E-state index in [-0.39, 0.29) is 16.1 Å². The number of halogens is 1. The third kappa shape index (κ3) is 4.48. The van der Waals surface area contributed by atoms with Crippen LogP contribution in [0.15, 0.2) is 71.8 Å². The predicted octanol–water partition coefficient (Wildman–Crippen LogP) is 3.58. The quantitative estimate of drug-likeness (QED) is 0.703. The Labute approximate surface area is 156 Å². The highest BCUT2D eigenvalue weighted by molar-refractivity contribution is 7.92. The van der Waals surface area contributed by atoms with Crippen LogP contribution in [0, 0.1) is 12.7 Å². The monoisotopic (exact) mass is 385 g/mol. The van der Waals surface area contributed by atoms with Crippen molar-refractivity contribution < 1.29 is 17.6 Å². The van der Waals surface area contributed by atoms with E-state index in [1.807, 2.05) is 0 Å². The van der Waals surface area contributed by atoms with E-state index >= 15 is 0 Å². The highest BCUT2D eigenvalue weighted by Crippen LogP contribution is 2.20. The molecule has 0 radical (unpaired) electrons. The highest BCUT2D eigenvalue weighted by Gasteiger charge is 2.17. The molecule has 1 amide bonds. The highest BCUT2D eigenvalue weighted by atomic mass is 32.2. The topological polar surface area (TPSA) is 88.2 Å². The Morgan fingerprint density at radius 3 is 2.56 bits per heavy atom. The molecule has 6 nitrogen and oxygen atoms in total. The van der Waals surface area contributed by atoms with Crippen LogP contribution in [0.1, 0.15) is 15.9 Å². The molecule has 0 aliphatic carbocycles. The van der Waals surface area contributed by atoms with Crippen LogP contribution in [0.5, 0.6) is 0 Å². The number of carbonyl (C=O) groups excluding carboxylic acids is 1. The Morgan fingerprint density at radius 2 is 1.85 bits per heavy atom. The maximum atomic E-state index is 13.7. The number of nitrogens with one attached hydrogen (secondary N) is 2. The number of carbonyl (C=O) groups is 1. The van der Waals surface area contributed by atoms with E-state index in [4.69, 9.17) is 0 Å². The van der Waals surface area contributed by atoms with Crippen molar-refractivity contribution in [2.75, 3.05) is 10.0 Å². The van der Waals surface area contributed by atoms with Gasteiger partial charge in [0.25, 0.3) is 15.9 Å². The van der Waals surface area contributed by atoms with Crippen LogP contribution in [0.25, 0.3) is 0 Å². The first kappa shape index (κ1) is 18.5. The van der Waals surface area contributed by atoms with Crippen molar-refractivity contribution in [2.45, 2.75) is 11.8 Å². The van der Waals surface area contributed by atoms with Gasteiger partial charge in [0.15, 0.2) is 0 Å². The Balaban J connectivity index is 1.80. The summed E-state index contributed by atoms with van der Waals surface area (Å²) < 4.78 is 40.9. The number of hydrogen-bond donors (Lipinski definition) is 2. The van der Waals surface area contributed by atoms with Gasteiger partial charge in [0.1, 0.15) is 11.6 Å². The molecular weight excluding hydrogens is 369 g/mol. The van der Waals surface area contributed by atoms with E-state index in [9.17, 15) is 17.6 Å². The van der Waals surface area contributed by atoms with Crippen LogP contribution in [0.3, 0.4) is 0 Å². The summed E-state index contributed by atoms with van der Waals surface area (Å²) in [6, 6.07) is 14.7. The molecule has 0 saturated heterocycles. The average molecular weight is 385 g/mol. The second-order valence-corrected chi connectivity index (χ2v) is 7.45. The second kappa shape index (κ2) is 7.55. The molecule has 27 heavy (non-hydrogen) atoms. The first-order chi connectivity index (χ1) is 12.8. The second-order valence-electron chi connectivity index (χ2n) is 5.77. The van der Waals surface area contributed by atoms with Gasteiger partial charge in [-0.05, 0) is 55.0 Å². The number of rotatable bonds is 5. The van der Waals surface area contributed by atoms with Crippen molar-refractivity contribution in [1.82, 2.24) is 4.98 Å². The third-order valence-electron chi connectivity index (χ3n) is 3.74. The summed E-state index contributed by atoms with van der Waals surface area (Å²) in [6.45, 7) is 1.54. The maximum Gasteiger partial charge on any atom is 0.261 e. The number of aromatic nitrogens is 1. The van der Waals surface area contributed by atoms with Crippen LogP contribution in [0.4, 0.5) is 15.9 Å². The lowest BCUT2D eigenvalue weighted by molar-refractivity contribution is 0.102. The van der Waals surface area contributed by atoms with Crippen LogP contribution < -0.4 is 10.0 Å². The number of amides is 1. The molecule has 2 aromatic carbocycles. The van der Waals surface area contributed by atoms with E-state index < -0.39 is 21.7 Å². The van der Waals surface area contributed by atoms with Crippen molar-refractivity contribution >= 4 is 27.4 Å². The minimum atomic E-state index is -3.99. The standard InChI is InChI=1S/C19H16FN3O3S/c1-13-8-9-16(12-17(13)20)27(25,26)23-15-6-4-5-14(11-15)19(24)22-18-7-2-3-10-21-18/h2-12,23H,1H3,(H,21,22,24). The predicted molar refractivity (Wildman–Crippen MR) is 101 cm³/mol. The molecule has 0 aliphatic rings. The van der Waals surface area contributed by atoms with Gasteiger partial charge in [-0.25, -0.2) is 17.8 Å². The lowest BCUT2D eigenvalue weighted by Gasteiger charge is -2.10. The summed E-state index contributed by atoms with van der Waals surface area (Å²) in [4.78, 5) is 16.1. The number of benzene rings is 2. The molecule has 2 N–H and O–H groups in total. The van der Waals surface area contributed by atoms with E-state index in [1.165, 1.54) is 24.3 Å². The van der Waals surface area contributed by atoms with Gasteiger partial charge in [-0.2, -0.15) is 0 Å². The number of aryl methyl sites for hydroxylation is 1. The van der Waals surface area contributed by atoms with Gasteiger partial charge in [-0.15, -0.1) is 0 Å². The van der Waals surface area contributed by atoms with Crippen LogP contribution >= 0.6 is 0 Å². The number of nitrogens with zero attached hydrogens (tertiary/aromatic N) is 1. The summed E-state index contributed by atoms with van der Waals surface area (Å²) in [7, 11) is -3.99. The number of hydrogen-bond acceptors (Lipinski definition) is 4. The molecular formula is C19H16FN3O3S. The fourth-order valence-corrected chi connectivity index (χ4v) is 3.36. The summed E-state index contributed by atoms with van der Waals surface area (Å²) in [5, 5.41) is 2.62.